The maximum absolute atomic E-state index is 5.75. The van der Waals surface area contributed by atoms with Crippen molar-refractivity contribution in [3.05, 3.63) is 18.3 Å². The molecule has 106 valence electrons. The molecule has 0 aliphatic heterocycles. The first-order valence-electron chi connectivity index (χ1n) is 7.55. The van der Waals surface area contributed by atoms with E-state index < -0.39 is 0 Å². The van der Waals surface area contributed by atoms with Crippen LogP contribution in [0.15, 0.2) is 18.3 Å². The number of nitrogens with one attached hydrogen (secondary N) is 1. The van der Waals surface area contributed by atoms with Gasteiger partial charge in [0.1, 0.15) is 0 Å². The van der Waals surface area contributed by atoms with Crippen molar-refractivity contribution < 1.29 is 4.74 Å². The molecule has 3 atom stereocenters. The highest BCUT2D eigenvalue weighted by Gasteiger charge is 2.25. The zero-order valence-electron chi connectivity index (χ0n) is 12.4. The van der Waals surface area contributed by atoms with Gasteiger partial charge >= 0.3 is 0 Å². The lowest BCUT2D eigenvalue weighted by atomic mass is 9.79. The number of hydrogen-bond donors (Lipinski definition) is 1. The second-order valence-corrected chi connectivity index (χ2v) is 5.81. The fraction of sp³-hybridized carbons (Fsp3) is 0.688. The Morgan fingerprint density at radius 3 is 2.89 bits per heavy atom. The van der Waals surface area contributed by atoms with Gasteiger partial charge in [0.05, 0.1) is 6.61 Å². The van der Waals surface area contributed by atoms with Crippen LogP contribution in [0, 0.1) is 11.8 Å². The van der Waals surface area contributed by atoms with E-state index in [4.69, 9.17) is 4.74 Å². The van der Waals surface area contributed by atoms with Gasteiger partial charge < -0.3 is 10.1 Å². The Labute approximate surface area is 116 Å². The Balaban J connectivity index is 1.98. The SMILES string of the molecule is CCCOc1cccnc1NC1CCC(C)C(C)C1. The van der Waals surface area contributed by atoms with Crippen LogP contribution in [0.2, 0.25) is 0 Å². The van der Waals surface area contributed by atoms with Crippen LogP contribution >= 0.6 is 0 Å². The molecule has 0 saturated heterocycles. The van der Waals surface area contributed by atoms with E-state index in [1.807, 2.05) is 18.3 Å². The molecule has 1 aromatic heterocycles. The van der Waals surface area contributed by atoms with Gasteiger partial charge in [-0.2, -0.15) is 0 Å². The van der Waals surface area contributed by atoms with E-state index in [1.165, 1.54) is 19.3 Å². The molecular weight excluding hydrogens is 236 g/mol. The molecule has 0 aromatic carbocycles. The smallest absolute Gasteiger partial charge is 0.168 e. The number of rotatable bonds is 5. The Morgan fingerprint density at radius 2 is 2.16 bits per heavy atom. The van der Waals surface area contributed by atoms with Crippen molar-refractivity contribution in [2.75, 3.05) is 11.9 Å². The van der Waals surface area contributed by atoms with Crippen molar-refractivity contribution in [2.45, 2.75) is 52.5 Å². The van der Waals surface area contributed by atoms with Gasteiger partial charge in [-0.25, -0.2) is 4.98 Å². The van der Waals surface area contributed by atoms with Gasteiger partial charge in [-0.15, -0.1) is 0 Å². The lowest BCUT2D eigenvalue weighted by Gasteiger charge is -2.33. The zero-order valence-corrected chi connectivity index (χ0v) is 12.4. The van der Waals surface area contributed by atoms with Gasteiger partial charge in [-0.05, 0) is 49.7 Å². The van der Waals surface area contributed by atoms with Gasteiger partial charge in [-0.3, -0.25) is 0 Å². The van der Waals surface area contributed by atoms with Crippen LogP contribution in [-0.4, -0.2) is 17.6 Å². The third-order valence-corrected chi connectivity index (χ3v) is 4.17. The normalized spacial score (nSPS) is 27.0. The maximum atomic E-state index is 5.75. The Morgan fingerprint density at radius 1 is 1.32 bits per heavy atom. The fourth-order valence-electron chi connectivity index (χ4n) is 2.70. The van der Waals surface area contributed by atoms with Crippen LogP contribution in [0.4, 0.5) is 5.82 Å². The largest absolute Gasteiger partial charge is 0.490 e. The summed E-state index contributed by atoms with van der Waals surface area (Å²) >= 11 is 0. The summed E-state index contributed by atoms with van der Waals surface area (Å²) in [7, 11) is 0. The van der Waals surface area contributed by atoms with Gasteiger partial charge in [0.25, 0.3) is 0 Å². The molecule has 2 rings (SSSR count). The van der Waals surface area contributed by atoms with E-state index in [9.17, 15) is 0 Å². The van der Waals surface area contributed by atoms with Crippen molar-refractivity contribution >= 4 is 5.82 Å². The third-order valence-electron chi connectivity index (χ3n) is 4.17. The van der Waals surface area contributed by atoms with Crippen LogP contribution < -0.4 is 10.1 Å². The molecule has 1 aliphatic rings. The third kappa shape index (κ3) is 3.85. The minimum absolute atomic E-state index is 0.532. The van der Waals surface area contributed by atoms with E-state index >= 15 is 0 Å². The van der Waals surface area contributed by atoms with Crippen LogP contribution in [0.5, 0.6) is 5.75 Å². The predicted octanol–water partition coefficient (Wildman–Crippen LogP) is 4.11. The number of anilines is 1. The first-order valence-corrected chi connectivity index (χ1v) is 7.55. The molecule has 19 heavy (non-hydrogen) atoms. The number of pyridine rings is 1. The fourth-order valence-corrected chi connectivity index (χ4v) is 2.70. The molecular formula is C16H26N2O. The van der Waals surface area contributed by atoms with Crippen LogP contribution in [-0.2, 0) is 0 Å². The summed E-state index contributed by atoms with van der Waals surface area (Å²) in [4.78, 5) is 4.43. The summed E-state index contributed by atoms with van der Waals surface area (Å²) in [6.45, 7) is 7.58. The topological polar surface area (TPSA) is 34.1 Å². The molecule has 0 amide bonds. The van der Waals surface area contributed by atoms with Crippen molar-refractivity contribution in [2.24, 2.45) is 11.8 Å². The summed E-state index contributed by atoms with van der Waals surface area (Å²) in [5.74, 6) is 3.42. The summed E-state index contributed by atoms with van der Waals surface area (Å²) in [5.41, 5.74) is 0. The van der Waals surface area contributed by atoms with Gasteiger partial charge in [-0.1, -0.05) is 20.8 Å². The second-order valence-electron chi connectivity index (χ2n) is 5.81. The van der Waals surface area contributed by atoms with Gasteiger partial charge in [0, 0.05) is 12.2 Å². The average Bonchev–Trinajstić information content (AvgIpc) is 2.42. The first kappa shape index (κ1) is 14.2. The molecule has 3 heteroatoms. The molecule has 0 bridgehead atoms. The van der Waals surface area contributed by atoms with Crippen LogP contribution in [0.1, 0.15) is 46.5 Å². The van der Waals surface area contributed by atoms with E-state index in [2.05, 4.69) is 31.1 Å². The molecule has 3 unspecified atom stereocenters. The van der Waals surface area contributed by atoms with E-state index in [0.717, 1.165) is 36.4 Å². The molecule has 0 radical (unpaired) electrons. The number of nitrogens with zero attached hydrogens (tertiary/aromatic N) is 1. The van der Waals surface area contributed by atoms with E-state index in [0.29, 0.717) is 6.04 Å². The molecule has 1 heterocycles. The summed E-state index contributed by atoms with van der Waals surface area (Å²) in [6, 6.07) is 4.46. The monoisotopic (exact) mass is 262 g/mol. The lowest BCUT2D eigenvalue weighted by molar-refractivity contribution is 0.259. The van der Waals surface area contributed by atoms with Crippen LogP contribution in [0.3, 0.4) is 0 Å². The highest BCUT2D eigenvalue weighted by Crippen LogP contribution is 2.32. The van der Waals surface area contributed by atoms with E-state index in [-0.39, 0.29) is 0 Å². The van der Waals surface area contributed by atoms with Crippen molar-refractivity contribution in [3.8, 4) is 5.75 Å². The molecule has 1 aliphatic carbocycles. The molecule has 1 aromatic rings. The number of hydrogen-bond acceptors (Lipinski definition) is 3. The lowest BCUT2D eigenvalue weighted by Crippen LogP contribution is -2.30. The van der Waals surface area contributed by atoms with Crippen molar-refractivity contribution in [3.63, 3.8) is 0 Å². The minimum Gasteiger partial charge on any atom is -0.490 e. The predicted molar refractivity (Wildman–Crippen MR) is 79.6 cm³/mol. The van der Waals surface area contributed by atoms with Gasteiger partial charge in [0.15, 0.2) is 11.6 Å². The first-order chi connectivity index (χ1) is 9.20. The minimum atomic E-state index is 0.532. The standard InChI is InChI=1S/C16H26N2O/c1-4-10-19-15-6-5-9-17-16(15)18-14-8-7-12(2)13(3)11-14/h5-6,9,12-14H,4,7-8,10-11H2,1-3H3,(H,17,18). The Kier molecular flexibility index (Phi) is 5.06. The molecule has 1 fully saturated rings. The average molecular weight is 262 g/mol. The number of ether oxygens (including phenoxy) is 1. The summed E-state index contributed by atoms with van der Waals surface area (Å²) in [6.07, 6.45) is 6.61. The maximum Gasteiger partial charge on any atom is 0.168 e. The quantitative estimate of drug-likeness (QED) is 0.867. The number of aromatic nitrogens is 1. The van der Waals surface area contributed by atoms with Gasteiger partial charge in [0.2, 0.25) is 0 Å². The molecule has 1 saturated carbocycles. The van der Waals surface area contributed by atoms with E-state index in [1.54, 1.807) is 0 Å². The highest BCUT2D eigenvalue weighted by atomic mass is 16.5. The summed E-state index contributed by atoms with van der Waals surface area (Å²) in [5, 5.41) is 3.57. The molecule has 1 N–H and O–H groups in total. The molecule has 0 spiro atoms. The second kappa shape index (κ2) is 6.78. The molecule has 3 nitrogen and oxygen atoms in total. The van der Waals surface area contributed by atoms with Crippen molar-refractivity contribution in [1.29, 1.82) is 0 Å². The Hall–Kier alpha value is -1.25. The Bertz CT molecular complexity index is 394. The van der Waals surface area contributed by atoms with Crippen LogP contribution in [0.25, 0.3) is 0 Å². The zero-order chi connectivity index (χ0) is 13.7. The highest BCUT2D eigenvalue weighted by molar-refractivity contribution is 5.50. The summed E-state index contributed by atoms with van der Waals surface area (Å²) < 4.78 is 5.75. The van der Waals surface area contributed by atoms with Crippen molar-refractivity contribution in [1.82, 2.24) is 4.98 Å².